The van der Waals surface area contributed by atoms with Gasteiger partial charge in [-0.25, -0.2) is 4.79 Å². The summed E-state index contributed by atoms with van der Waals surface area (Å²) in [5, 5.41) is 14.2. The Kier molecular flexibility index (Phi) is 9.31. The molecule has 8 heteroatoms. The number of carboxylic acid groups (broad SMARTS) is 1. The maximum atomic E-state index is 12.0. The lowest BCUT2D eigenvalue weighted by Gasteiger charge is -2.20. The van der Waals surface area contributed by atoms with E-state index in [1.807, 2.05) is 6.92 Å². The number of likely N-dealkylation sites (N-methyl/N-ethyl adjacent to an activating group) is 1. The lowest BCUT2D eigenvalue weighted by molar-refractivity contribution is -0.143. The van der Waals surface area contributed by atoms with E-state index < -0.39 is 36.3 Å². The van der Waals surface area contributed by atoms with Gasteiger partial charge in [0.05, 0.1) is 12.5 Å². The molecule has 8 nitrogen and oxygen atoms in total. The molecule has 0 heterocycles. The first-order valence-corrected chi connectivity index (χ1v) is 6.67. The minimum Gasteiger partial charge on any atom is -0.480 e. The van der Waals surface area contributed by atoms with Gasteiger partial charge in [-0.15, -0.1) is 0 Å². The number of carboxylic acids is 1. The van der Waals surface area contributed by atoms with Gasteiger partial charge in [0, 0.05) is 0 Å². The third kappa shape index (κ3) is 7.70. The number of carbonyl (C=O) groups excluding carboxylic acids is 2. The summed E-state index contributed by atoms with van der Waals surface area (Å²) in [4.78, 5) is 33.7. The van der Waals surface area contributed by atoms with E-state index in [0.717, 1.165) is 12.8 Å². The van der Waals surface area contributed by atoms with Crippen LogP contribution in [-0.4, -0.2) is 48.1 Å². The van der Waals surface area contributed by atoms with E-state index in [4.69, 9.17) is 16.6 Å². The Morgan fingerprint density at radius 1 is 1.20 bits per heavy atom. The molecule has 7 N–H and O–H groups in total. The standard InChI is InChI=1S/C12H24N4O4/c1-2-15-8(5-3-4-6-13)11(18)16-9(12(19)20)7-10(14)17/h8-9,15H,2-7,13H2,1H3,(H2,14,17)(H,16,18)(H,19,20). The number of hydrogen-bond acceptors (Lipinski definition) is 5. The molecule has 0 aliphatic carbocycles. The van der Waals surface area contributed by atoms with Crippen molar-refractivity contribution in [3.05, 3.63) is 0 Å². The predicted octanol–water partition coefficient (Wildman–Crippen LogP) is -1.46. The van der Waals surface area contributed by atoms with Crippen LogP contribution in [0.3, 0.4) is 0 Å². The molecule has 0 radical (unpaired) electrons. The van der Waals surface area contributed by atoms with E-state index in [-0.39, 0.29) is 0 Å². The van der Waals surface area contributed by atoms with Crippen LogP contribution in [0.4, 0.5) is 0 Å². The van der Waals surface area contributed by atoms with Gasteiger partial charge < -0.3 is 27.2 Å². The van der Waals surface area contributed by atoms with Crippen LogP contribution in [0.1, 0.15) is 32.6 Å². The highest BCUT2D eigenvalue weighted by atomic mass is 16.4. The molecule has 0 saturated carbocycles. The molecule has 0 spiro atoms. The van der Waals surface area contributed by atoms with E-state index in [9.17, 15) is 14.4 Å². The maximum absolute atomic E-state index is 12.0. The number of nitrogens with two attached hydrogens (primary N) is 2. The van der Waals surface area contributed by atoms with Crippen molar-refractivity contribution >= 4 is 17.8 Å². The van der Waals surface area contributed by atoms with Gasteiger partial charge in [0.2, 0.25) is 11.8 Å². The average molecular weight is 288 g/mol. The maximum Gasteiger partial charge on any atom is 0.326 e. The van der Waals surface area contributed by atoms with Crippen molar-refractivity contribution in [1.82, 2.24) is 10.6 Å². The second-order valence-electron chi connectivity index (χ2n) is 4.46. The molecular weight excluding hydrogens is 264 g/mol. The summed E-state index contributed by atoms with van der Waals surface area (Å²) in [6, 6.07) is -1.79. The van der Waals surface area contributed by atoms with Crippen molar-refractivity contribution < 1.29 is 19.5 Å². The molecule has 0 aromatic rings. The highest BCUT2D eigenvalue weighted by Gasteiger charge is 2.25. The van der Waals surface area contributed by atoms with Crippen molar-refractivity contribution in [2.45, 2.75) is 44.7 Å². The third-order valence-corrected chi connectivity index (χ3v) is 2.73. The van der Waals surface area contributed by atoms with Crippen LogP contribution in [0.2, 0.25) is 0 Å². The zero-order valence-corrected chi connectivity index (χ0v) is 11.7. The van der Waals surface area contributed by atoms with E-state index >= 15 is 0 Å². The smallest absolute Gasteiger partial charge is 0.326 e. The Hall–Kier alpha value is -1.67. The Morgan fingerprint density at radius 3 is 2.30 bits per heavy atom. The van der Waals surface area contributed by atoms with Crippen LogP contribution in [0, 0.1) is 0 Å². The summed E-state index contributed by atoms with van der Waals surface area (Å²) in [7, 11) is 0. The molecule has 0 aliphatic heterocycles. The van der Waals surface area contributed by atoms with Crippen molar-refractivity contribution in [3.63, 3.8) is 0 Å². The number of primary amides is 1. The van der Waals surface area contributed by atoms with Crippen LogP contribution in [0.25, 0.3) is 0 Å². The summed E-state index contributed by atoms with van der Waals surface area (Å²) in [6.45, 7) is 2.97. The van der Waals surface area contributed by atoms with E-state index in [0.29, 0.717) is 19.5 Å². The lowest BCUT2D eigenvalue weighted by Crippen LogP contribution is -2.51. The molecule has 2 unspecified atom stereocenters. The number of hydrogen-bond donors (Lipinski definition) is 5. The quantitative estimate of drug-likeness (QED) is 0.293. The van der Waals surface area contributed by atoms with Gasteiger partial charge in [-0.05, 0) is 25.9 Å². The van der Waals surface area contributed by atoms with Gasteiger partial charge in [-0.2, -0.15) is 0 Å². The zero-order chi connectivity index (χ0) is 15.5. The first kappa shape index (κ1) is 18.3. The minimum atomic E-state index is -1.30. The number of amides is 2. The van der Waals surface area contributed by atoms with Gasteiger partial charge in [-0.3, -0.25) is 9.59 Å². The highest BCUT2D eigenvalue weighted by molar-refractivity contribution is 5.90. The Morgan fingerprint density at radius 2 is 1.85 bits per heavy atom. The topological polar surface area (TPSA) is 148 Å². The highest BCUT2D eigenvalue weighted by Crippen LogP contribution is 2.02. The summed E-state index contributed by atoms with van der Waals surface area (Å²) >= 11 is 0. The molecule has 0 bridgehead atoms. The van der Waals surface area contributed by atoms with E-state index in [1.54, 1.807) is 0 Å². The van der Waals surface area contributed by atoms with Gasteiger partial charge in [0.15, 0.2) is 0 Å². The fourth-order valence-electron chi connectivity index (χ4n) is 1.74. The molecule has 0 aromatic carbocycles. The van der Waals surface area contributed by atoms with Crippen molar-refractivity contribution in [2.75, 3.05) is 13.1 Å². The average Bonchev–Trinajstić information content (AvgIpc) is 2.36. The second-order valence-corrected chi connectivity index (χ2v) is 4.46. The van der Waals surface area contributed by atoms with Gasteiger partial charge >= 0.3 is 5.97 Å². The van der Waals surface area contributed by atoms with Gasteiger partial charge in [-0.1, -0.05) is 13.3 Å². The third-order valence-electron chi connectivity index (χ3n) is 2.73. The Labute approximate surface area is 118 Å². The molecule has 2 amide bonds. The number of nitrogens with one attached hydrogen (secondary N) is 2. The van der Waals surface area contributed by atoms with E-state index in [1.165, 1.54) is 0 Å². The largest absolute Gasteiger partial charge is 0.480 e. The van der Waals surface area contributed by atoms with Crippen molar-refractivity contribution in [2.24, 2.45) is 11.5 Å². The monoisotopic (exact) mass is 288 g/mol. The number of carbonyl (C=O) groups is 3. The van der Waals surface area contributed by atoms with Gasteiger partial charge in [0.1, 0.15) is 6.04 Å². The van der Waals surface area contributed by atoms with Crippen molar-refractivity contribution in [1.29, 1.82) is 0 Å². The Balaban J connectivity index is 4.53. The molecule has 0 fully saturated rings. The fraction of sp³-hybridized carbons (Fsp3) is 0.750. The summed E-state index contributed by atoms with van der Waals surface area (Å²) < 4.78 is 0. The normalized spacial score (nSPS) is 13.5. The summed E-state index contributed by atoms with van der Waals surface area (Å²) in [5.41, 5.74) is 10.3. The van der Waals surface area contributed by atoms with Crippen LogP contribution in [-0.2, 0) is 14.4 Å². The Bertz CT molecular complexity index is 335. The number of unbranched alkanes of at least 4 members (excludes halogenated alkanes) is 1. The number of rotatable bonds is 11. The SMILES string of the molecule is CCNC(CCCCN)C(=O)NC(CC(N)=O)C(=O)O. The molecule has 0 aliphatic rings. The van der Waals surface area contributed by atoms with Crippen molar-refractivity contribution in [3.8, 4) is 0 Å². The van der Waals surface area contributed by atoms with Crippen LogP contribution >= 0.6 is 0 Å². The minimum absolute atomic E-state index is 0.428. The lowest BCUT2D eigenvalue weighted by atomic mass is 10.1. The van der Waals surface area contributed by atoms with E-state index in [2.05, 4.69) is 10.6 Å². The molecule has 0 rings (SSSR count). The zero-order valence-electron chi connectivity index (χ0n) is 11.7. The molecule has 0 aromatic heterocycles. The molecular formula is C12H24N4O4. The second kappa shape index (κ2) is 10.2. The first-order valence-electron chi connectivity index (χ1n) is 6.67. The van der Waals surface area contributed by atoms with Crippen LogP contribution in [0.15, 0.2) is 0 Å². The summed E-state index contributed by atoms with van der Waals surface area (Å²) in [5.74, 6) is -2.51. The number of aliphatic carboxylic acids is 1. The molecule has 2 atom stereocenters. The molecule has 0 saturated heterocycles. The molecule has 116 valence electrons. The molecule has 20 heavy (non-hydrogen) atoms. The van der Waals surface area contributed by atoms with Crippen LogP contribution < -0.4 is 22.1 Å². The predicted molar refractivity (Wildman–Crippen MR) is 73.7 cm³/mol. The fourth-order valence-corrected chi connectivity index (χ4v) is 1.74. The summed E-state index contributed by atoms with van der Waals surface area (Å²) in [6.07, 6.45) is 1.68. The van der Waals surface area contributed by atoms with Crippen LogP contribution in [0.5, 0.6) is 0 Å². The first-order chi connectivity index (χ1) is 9.42. The van der Waals surface area contributed by atoms with Gasteiger partial charge in [0.25, 0.3) is 0 Å².